The van der Waals surface area contributed by atoms with Crippen molar-refractivity contribution >= 4 is 5.91 Å². The van der Waals surface area contributed by atoms with E-state index in [1.165, 1.54) is 22.9 Å². The number of ether oxygens (including phenoxy) is 1. The monoisotopic (exact) mass is 381 g/mol. The third-order valence-corrected chi connectivity index (χ3v) is 4.04. The number of rotatable bonds is 7. The molecule has 0 fully saturated rings. The van der Waals surface area contributed by atoms with E-state index in [0.717, 1.165) is 0 Å². The molecule has 1 amide bonds. The molecule has 0 saturated carbocycles. The van der Waals surface area contributed by atoms with Gasteiger partial charge < -0.3 is 10.1 Å². The summed E-state index contributed by atoms with van der Waals surface area (Å²) < 4.78 is 19.7. The maximum Gasteiger partial charge on any atom is 0.266 e. The summed E-state index contributed by atoms with van der Waals surface area (Å²) in [4.78, 5) is 24.2. The van der Waals surface area contributed by atoms with Crippen LogP contribution in [0, 0.1) is 5.82 Å². The smallest absolute Gasteiger partial charge is 0.266 e. The molecule has 3 aromatic rings. The molecule has 6 nitrogen and oxygen atoms in total. The number of nitrogens with zero attached hydrogens (tertiary/aromatic N) is 2. The molecule has 28 heavy (non-hydrogen) atoms. The Morgan fingerprint density at radius 3 is 2.46 bits per heavy atom. The SMILES string of the molecule is CCOc1ccc(C(=O)NCCn2nc(-c3ccc(F)cc3)ccc2=O)cc1. The van der Waals surface area contributed by atoms with Crippen LogP contribution in [0.4, 0.5) is 4.39 Å². The summed E-state index contributed by atoms with van der Waals surface area (Å²) in [6.45, 7) is 2.91. The number of aromatic nitrogens is 2. The van der Waals surface area contributed by atoms with E-state index in [4.69, 9.17) is 4.74 Å². The van der Waals surface area contributed by atoms with Gasteiger partial charge in [-0.05, 0) is 61.5 Å². The molecule has 0 aliphatic heterocycles. The summed E-state index contributed by atoms with van der Waals surface area (Å²) in [5.74, 6) is 0.118. The van der Waals surface area contributed by atoms with Crippen molar-refractivity contribution < 1.29 is 13.9 Å². The van der Waals surface area contributed by atoms with Gasteiger partial charge in [0.25, 0.3) is 11.5 Å². The maximum atomic E-state index is 13.1. The second-order valence-electron chi connectivity index (χ2n) is 6.00. The third kappa shape index (κ3) is 4.82. The van der Waals surface area contributed by atoms with Gasteiger partial charge in [0.15, 0.2) is 0 Å². The van der Waals surface area contributed by atoms with Crippen LogP contribution in [0.5, 0.6) is 5.75 Å². The Hall–Kier alpha value is -3.48. The van der Waals surface area contributed by atoms with Crippen molar-refractivity contribution in [1.29, 1.82) is 0 Å². The maximum absolute atomic E-state index is 13.1. The average molecular weight is 381 g/mol. The highest BCUT2D eigenvalue weighted by molar-refractivity contribution is 5.94. The van der Waals surface area contributed by atoms with Gasteiger partial charge in [-0.25, -0.2) is 9.07 Å². The van der Waals surface area contributed by atoms with Crippen LogP contribution in [0.3, 0.4) is 0 Å². The molecule has 144 valence electrons. The molecule has 0 bridgehead atoms. The van der Waals surface area contributed by atoms with Crippen LogP contribution < -0.4 is 15.6 Å². The minimum atomic E-state index is -0.339. The minimum Gasteiger partial charge on any atom is -0.494 e. The van der Waals surface area contributed by atoms with Crippen molar-refractivity contribution in [3.63, 3.8) is 0 Å². The predicted molar refractivity (Wildman–Crippen MR) is 104 cm³/mol. The van der Waals surface area contributed by atoms with Gasteiger partial charge in [-0.2, -0.15) is 5.10 Å². The van der Waals surface area contributed by atoms with Crippen molar-refractivity contribution in [2.24, 2.45) is 0 Å². The number of hydrogen-bond acceptors (Lipinski definition) is 4. The normalized spacial score (nSPS) is 10.5. The molecule has 1 aromatic heterocycles. The van der Waals surface area contributed by atoms with Gasteiger partial charge in [0.05, 0.1) is 18.8 Å². The van der Waals surface area contributed by atoms with E-state index < -0.39 is 0 Å². The molecule has 1 N–H and O–H groups in total. The van der Waals surface area contributed by atoms with Gasteiger partial charge in [-0.1, -0.05) is 0 Å². The van der Waals surface area contributed by atoms with E-state index in [1.54, 1.807) is 42.5 Å². The Morgan fingerprint density at radius 2 is 1.79 bits per heavy atom. The molecule has 0 atom stereocenters. The van der Waals surface area contributed by atoms with Gasteiger partial charge in [-0.3, -0.25) is 9.59 Å². The minimum absolute atomic E-state index is 0.219. The second-order valence-corrected chi connectivity index (χ2v) is 6.00. The average Bonchev–Trinajstić information content (AvgIpc) is 2.71. The largest absolute Gasteiger partial charge is 0.494 e. The van der Waals surface area contributed by atoms with Crippen molar-refractivity contribution in [3.8, 4) is 17.0 Å². The molecule has 3 rings (SSSR count). The second kappa shape index (κ2) is 8.94. The van der Waals surface area contributed by atoms with Crippen molar-refractivity contribution in [1.82, 2.24) is 15.1 Å². The number of benzene rings is 2. The summed E-state index contributed by atoms with van der Waals surface area (Å²) in [5.41, 5.74) is 1.48. The summed E-state index contributed by atoms with van der Waals surface area (Å²) in [6.07, 6.45) is 0. The van der Waals surface area contributed by atoms with E-state index in [2.05, 4.69) is 10.4 Å². The van der Waals surface area contributed by atoms with E-state index in [0.29, 0.717) is 29.2 Å². The highest BCUT2D eigenvalue weighted by Gasteiger charge is 2.07. The fourth-order valence-electron chi connectivity index (χ4n) is 2.63. The van der Waals surface area contributed by atoms with Crippen LogP contribution >= 0.6 is 0 Å². The summed E-state index contributed by atoms with van der Waals surface area (Å²) >= 11 is 0. The van der Waals surface area contributed by atoms with Crippen LogP contribution in [0.1, 0.15) is 17.3 Å². The topological polar surface area (TPSA) is 73.2 Å². The number of halogens is 1. The zero-order valence-electron chi connectivity index (χ0n) is 15.4. The van der Waals surface area contributed by atoms with Gasteiger partial charge in [0.2, 0.25) is 0 Å². The van der Waals surface area contributed by atoms with Crippen molar-refractivity contribution in [2.45, 2.75) is 13.5 Å². The molecule has 0 aliphatic rings. The van der Waals surface area contributed by atoms with Crippen molar-refractivity contribution in [3.05, 3.63) is 82.4 Å². The van der Waals surface area contributed by atoms with E-state index in [-0.39, 0.29) is 30.4 Å². The van der Waals surface area contributed by atoms with E-state index >= 15 is 0 Å². The van der Waals surface area contributed by atoms with Gasteiger partial charge in [0.1, 0.15) is 11.6 Å². The Kier molecular flexibility index (Phi) is 6.16. The summed E-state index contributed by atoms with van der Waals surface area (Å²) in [6, 6.07) is 15.7. The molecule has 0 spiro atoms. The lowest BCUT2D eigenvalue weighted by Crippen LogP contribution is -2.31. The Bertz CT molecular complexity index is 999. The van der Waals surface area contributed by atoms with Gasteiger partial charge >= 0.3 is 0 Å². The fraction of sp³-hybridized carbons (Fsp3) is 0.190. The van der Waals surface area contributed by atoms with Crippen LogP contribution in [0.2, 0.25) is 0 Å². The molecule has 2 aromatic carbocycles. The first kappa shape index (κ1) is 19.3. The molecular formula is C21H20FN3O3. The lowest BCUT2D eigenvalue weighted by molar-refractivity contribution is 0.0951. The number of carbonyl (C=O) groups excluding carboxylic acids is 1. The zero-order chi connectivity index (χ0) is 19.9. The number of carbonyl (C=O) groups is 1. The first-order valence-corrected chi connectivity index (χ1v) is 8.92. The highest BCUT2D eigenvalue weighted by Crippen LogP contribution is 2.15. The van der Waals surface area contributed by atoms with Crippen LogP contribution in [0.25, 0.3) is 11.3 Å². The standard InChI is InChI=1S/C21H20FN3O3/c1-2-28-18-9-5-16(6-10-18)21(27)23-13-14-25-20(26)12-11-19(24-25)15-3-7-17(22)8-4-15/h3-12H,2,13-14H2,1H3,(H,23,27). The number of amides is 1. The quantitative estimate of drug-likeness (QED) is 0.683. The van der Waals surface area contributed by atoms with E-state index in [9.17, 15) is 14.0 Å². The summed E-state index contributed by atoms with van der Waals surface area (Å²) in [5, 5.41) is 7.05. The van der Waals surface area contributed by atoms with Crippen LogP contribution in [-0.2, 0) is 6.54 Å². The van der Waals surface area contributed by atoms with E-state index in [1.807, 2.05) is 6.92 Å². The first-order chi connectivity index (χ1) is 13.6. The lowest BCUT2D eigenvalue weighted by atomic mass is 10.1. The Labute approximate surface area is 161 Å². The molecule has 0 aliphatic carbocycles. The fourth-order valence-corrected chi connectivity index (χ4v) is 2.63. The first-order valence-electron chi connectivity index (χ1n) is 8.92. The number of nitrogens with one attached hydrogen (secondary N) is 1. The zero-order valence-corrected chi connectivity index (χ0v) is 15.4. The molecule has 1 heterocycles. The van der Waals surface area contributed by atoms with Crippen LogP contribution in [-0.4, -0.2) is 28.8 Å². The van der Waals surface area contributed by atoms with Gasteiger partial charge in [0, 0.05) is 23.7 Å². The molecule has 0 unspecified atom stereocenters. The Balaban J connectivity index is 1.62. The molecule has 0 radical (unpaired) electrons. The highest BCUT2D eigenvalue weighted by atomic mass is 19.1. The third-order valence-electron chi connectivity index (χ3n) is 4.04. The van der Waals surface area contributed by atoms with Crippen molar-refractivity contribution in [2.75, 3.05) is 13.2 Å². The van der Waals surface area contributed by atoms with Crippen LogP contribution in [0.15, 0.2) is 65.5 Å². The van der Waals surface area contributed by atoms with Gasteiger partial charge in [-0.15, -0.1) is 0 Å². The Morgan fingerprint density at radius 1 is 1.07 bits per heavy atom. The molecular weight excluding hydrogens is 361 g/mol. The number of hydrogen-bond donors (Lipinski definition) is 1. The predicted octanol–water partition coefficient (Wildman–Crippen LogP) is 2.88. The summed E-state index contributed by atoms with van der Waals surface area (Å²) in [7, 11) is 0. The molecule has 0 saturated heterocycles. The molecule has 7 heteroatoms. The lowest BCUT2D eigenvalue weighted by Gasteiger charge is -2.09.